The Morgan fingerprint density at radius 3 is 2.20 bits per heavy atom. The molecule has 0 saturated heterocycles. The number of aryl methyl sites for hydroxylation is 1. The van der Waals surface area contributed by atoms with Gasteiger partial charge in [-0.1, -0.05) is 51.8 Å². The lowest BCUT2D eigenvalue weighted by Crippen LogP contribution is -2.32. The number of benzene rings is 1. The summed E-state index contributed by atoms with van der Waals surface area (Å²) < 4.78 is 30.1. The van der Waals surface area contributed by atoms with Crippen molar-refractivity contribution in [2.75, 3.05) is 0 Å². The van der Waals surface area contributed by atoms with E-state index in [1.807, 2.05) is 34.1 Å². The van der Waals surface area contributed by atoms with Crippen molar-refractivity contribution in [1.82, 2.24) is 0 Å². The quantitative estimate of drug-likeness (QED) is 0.742. The number of rotatable bonds is 6. The van der Waals surface area contributed by atoms with Gasteiger partial charge in [-0.25, -0.2) is 0 Å². The van der Waals surface area contributed by atoms with Gasteiger partial charge in [-0.2, -0.15) is 8.42 Å². The topological polar surface area (TPSA) is 43.4 Å². The van der Waals surface area contributed by atoms with E-state index in [1.165, 1.54) is 0 Å². The summed E-state index contributed by atoms with van der Waals surface area (Å²) in [7, 11) is -3.72. The summed E-state index contributed by atoms with van der Waals surface area (Å²) >= 11 is 0. The van der Waals surface area contributed by atoms with E-state index >= 15 is 0 Å². The van der Waals surface area contributed by atoms with E-state index in [1.54, 1.807) is 24.3 Å². The Hall–Kier alpha value is -0.870. The lowest BCUT2D eigenvalue weighted by atomic mass is 9.86. The maximum absolute atomic E-state index is 12.3. The first-order valence-corrected chi connectivity index (χ1v) is 8.41. The second-order valence-electron chi connectivity index (χ2n) is 6.17. The van der Waals surface area contributed by atoms with Crippen LogP contribution in [0.15, 0.2) is 29.2 Å². The van der Waals surface area contributed by atoms with Crippen molar-refractivity contribution in [3.05, 3.63) is 36.2 Å². The fraction of sp³-hybridized carbons (Fsp3) is 0.562. The summed E-state index contributed by atoms with van der Waals surface area (Å²) in [4.78, 5) is 0.210. The lowest BCUT2D eigenvalue weighted by molar-refractivity contribution is 0.118. The van der Waals surface area contributed by atoms with E-state index in [-0.39, 0.29) is 10.3 Å². The van der Waals surface area contributed by atoms with Crippen LogP contribution < -0.4 is 0 Å². The van der Waals surface area contributed by atoms with Crippen molar-refractivity contribution in [3.8, 4) is 0 Å². The number of hydrogen-bond acceptors (Lipinski definition) is 3. The zero-order valence-corrected chi connectivity index (χ0v) is 13.8. The molecule has 20 heavy (non-hydrogen) atoms. The highest BCUT2D eigenvalue weighted by atomic mass is 32.2. The molecule has 3 nitrogen and oxygen atoms in total. The molecule has 1 aromatic rings. The van der Waals surface area contributed by atoms with Crippen LogP contribution in [0.3, 0.4) is 0 Å². The molecule has 1 radical (unpaired) electrons. The average molecular weight is 297 g/mol. The first-order chi connectivity index (χ1) is 9.16. The summed E-state index contributed by atoms with van der Waals surface area (Å²) in [6, 6.07) is 6.73. The normalized spacial score (nSPS) is 14.2. The zero-order valence-electron chi connectivity index (χ0n) is 13.0. The van der Waals surface area contributed by atoms with Crippen molar-refractivity contribution in [3.63, 3.8) is 0 Å². The Morgan fingerprint density at radius 1 is 1.20 bits per heavy atom. The average Bonchev–Trinajstić information content (AvgIpc) is 2.33. The molecule has 4 heteroatoms. The van der Waals surface area contributed by atoms with E-state index in [9.17, 15) is 8.42 Å². The van der Waals surface area contributed by atoms with Gasteiger partial charge in [0, 0.05) is 0 Å². The molecule has 0 bridgehead atoms. The molecular formula is C16H25O3S. The smallest absolute Gasteiger partial charge is 0.262 e. The van der Waals surface area contributed by atoms with Crippen molar-refractivity contribution in [1.29, 1.82) is 0 Å². The number of unbranched alkanes of at least 4 members (excludes halogenated alkanes) is 1. The van der Waals surface area contributed by atoms with Gasteiger partial charge in [-0.05, 0) is 37.3 Å². The minimum atomic E-state index is -3.72. The molecule has 0 N–H and O–H groups in total. The second kappa shape index (κ2) is 6.72. The molecule has 0 amide bonds. The van der Waals surface area contributed by atoms with Gasteiger partial charge in [0.25, 0.3) is 10.1 Å². The summed E-state index contributed by atoms with van der Waals surface area (Å²) in [5.74, 6) is 0. The highest BCUT2D eigenvalue weighted by Crippen LogP contribution is 2.29. The highest BCUT2D eigenvalue weighted by molar-refractivity contribution is 7.86. The molecule has 0 aromatic heterocycles. The van der Waals surface area contributed by atoms with Gasteiger partial charge < -0.3 is 0 Å². The van der Waals surface area contributed by atoms with Crippen LogP contribution in [0.5, 0.6) is 0 Å². The molecule has 0 aliphatic carbocycles. The van der Waals surface area contributed by atoms with Gasteiger partial charge in [-0.3, -0.25) is 4.18 Å². The maximum atomic E-state index is 12.3. The molecule has 113 valence electrons. The van der Waals surface area contributed by atoms with Gasteiger partial charge in [0.15, 0.2) is 0 Å². The summed E-state index contributed by atoms with van der Waals surface area (Å²) in [5, 5.41) is 0. The van der Waals surface area contributed by atoms with E-state index < -0.39 is 16.2 Å². The minimum Gasteiger partial charge on any atom is -0.262 e. The SMILES string of the molecule is CCC[CH]C(OS(=O)(=O)c1ccc(C)cc1)C(C)(C)C. The second-order valence-corrected chi connectivity index (χ2v) is 7.75. The summed E-state index contributed by atoms with van der Waals surface area (Å²) in [6.07, 6.45) is 3.34. The van der Waals surface area contributed by atoms with Crippen molar-refractivity contribution in [2.45, 2.75) is 58.5 Å². The Kier molecular flexibility index (Phi) is 5.78. The lowest BCUT2D eigenvalue weighted by Gasteiger charge is -2.29. The fourth-order valence-electron chi connectivity index (χ4n) is 1.75. The molecule has 0 aliphatic heterocycles. The van der Waals surface area contributed by atoms with Crippen LogP contribution in [0.1, 0.15) is 46.1 Å². The first kappa shape index (κ1) is 17.2. The van der Waals surface area contributed by atoms with Gasteiger partial charge in [0.2, 0.25) is 0 Å². The van der Waals surface area contributed by atoms with E-state index in [0.717, 1.165) is 18.4 Å². The molecule has 0 fully saturated rings. The molecule has 0 heterocycles. The molecular weight excluding hydrogens is 272 g/mol. The predicted molar refractivity (Wildman–Crippen MR) is 81.9 cm³/mol. The highest BCUT2D eigenvalue weighted by Gasteiger charge is 2.31. The van der Waals surface area contributed by atoms with Crippen LogP contribution in [0, 0.1) is 18.8 Å². The first-order valence-electron chi connectivity index (χ1n) is 7.00. The van der Waals surface area contributed by atoms with Crippen LogP contribution in [0.4, 0.5) is 0 Å². The molecule has 0 aliphatic rings. The van der Waals surface area contributed by atoms with Crippen LogP contribution >= 0.6 is 0 Å². The van der Waals surface area contributed by atoms with Crippen molar-refractivity contribution in [2.24, 2.45) is 5.41 Å². The minimum absolute atomic E-state index is 0.210. The van der Waals surface area contributed by atoms with Gasteiger partial charge in [0.1, 0.15) is 0 Å². The van der Waals surface area contributed by atoms with E-state index in [2.05, 4.69) is 6.92 Å². The maximum Gasteiger partial charge on any atom is 0.297 e. The standard InChI is InChI=1S/C16H25O3S/c1-6-7-8-15(16(3,4)5)19-20(17,18)14-11-9-13(2)10-12-14/h8-12,15H,6-7H2,1-5H3. The van der Waals surface area contributed by atoms with Crippen molar-refractivity contribution < 1.29 is 12.6 Å². The van der Waals surface area contributed by atoms with Crippen LogP contribution in [-0.2, 0) is 14.3 Å². The van der Waals surface area contributed by atoms with Crippen LogP contribution in [0.25, 0.3) is 0 Å². The molecule has 0 spiro atoms. The molecule has 1 aromatic carbocycles. The van der Waals surface area contributed by atoms with Gasteiger partial charge in [-0.15, -0.1) is 0 Å². The largest absolute Gasteiger partial charge is 0.297 e. The molecule has 1 unspecified atom stereocenters. The Labute approximate surface area is 123 Å². The summed E-state index contributed by atoms with van der Waals surface area (Å²) in [5.41, 5.74) is 0.765. The third kappa shape index (κ3) is 4.91. The zero-order chi connectivity index (χ0) is 15.4. The van der Waals surface area contributed by atoms with Crippen LogP contribution in [-0.4, -0.2) is 14.5 Å². The molecule has 1 rings (SSSR count). The van der Waals surface area contributed by atoms with Crippen LogP contribution in [0.2, 0.25) is 0 Å². The fourth-order valence-corrected chi connectivity index (χ4v) is 2.97. The monoisotopic (exact) mass is 297 g/mol. The summed E-state index contributed by atoms with van der Waals surface area (Å²) in [6.45, 7) is 9.92. The van der Waals surface area contributed by atoms with Gasteiger partial charge in [0.05, 0.1) is 11.0 Å². The van der Waals surface area contributed by atoms with E-state index in [4.69, 9.17) is 4.18 Å². The Bertz CT molecular complexity index is 510. The Balaban J connectivity index is 2.93. The Morgan fingerprint density at radius 2 is 1.75 bits per heavy atom. The van der Waals surface area contributed by atoms with E-state index in [0.29, 0.717) is 0 Å². The third-order valence-electron chi connectivity index (χ3n) is 3.06. The van der Waals surface area contributed by atoms with Crippen molar-refractivity contribution >= 4 is 10.1 Å². The molecule has 0 saturated carbocycles. The van der Waals surface area contributed by atoms with Gasteiger partial charge >= 0.3 is 0 Å². The molecule has 1 atom stereocenters. The third-order valence-corrected chi connectivity index (χ3v) is 4.37. The number of hydrogen-bond donors (Lipinski definition) is 0. The predicted octanol–water partition coefficient (Wildman–Crippen LogP) is 4.12.